The lowest BCUT2D eigenvalue weighted by Crippen LogP contribution is -2.11. The third-order valence-corrected chi connectivity index (χ3v) is 2.40. The van der Waals surface area contributed by atoms with E-state index in [1.54, 1.807) is 6.92 Å². The van der Waals surface area contributed by atoms with E-state index in [2.05, 4.69) is 11.8 Å². The molecule has 0 fully saturated rings. The van der Waals surface area contributed by atoms with Gasteiger partial charge < -0.3 is 5.11 Å². The van der Waals surface area contributed by atoms with Crippen molar-refractivity contribution >= 4 is 12.0 Å². The summed E-state index contributed by atoms with van der Waals surface area (Å²) in [4.78, 5) is 10.9. The van der Waals surface area contributed by atoms with Gasteiger partial charge in [0.25, 0.3) is 0 Å². The molecule has 0 aromatic heterocycles. The number of aliphatic carboxylic acids is 1. The highest BCUT2D eigenvalue weighted by Gasteiger charge is 2.13. The van der Waals surface area contributed by atoms with E-state index in [0.29, 0.717) is 12.8 Å². The van der Waals surface area contributed by atoms with E-state index in [4.69, 9.17) is 5.11 Å². The molecule has 0 heterocycles. The second-order valence-corrected chi connectivity index (χ2v) is 3.71. The lowest BCUT2D eigenvalue weighted by molar-refractivity contribution is -0.141. The monoisotopic (exact) mass is 228 g/mol. The van der Waals surface area contributed by atoms with Gasteiger partial charge in [0.05, 0.1) is 5.92 Å². The number of hydrogen-bond donors (Lipinski definition) is 1. The van der Waals surface area contributed by atoms with Crippen LogP contribution < -0.4 is 0 Å². The number of rotatable bonds is 5. The first kappa shape index (κ1) is 13.1. The molecular weight excluding hydrogens is 212 g/mol. The standard InChI is InChI=1S/C15H16O2/c1-2-3-11-14(15(16)17)12-7-10-13-8-5-4-6-9-13/h4-10,14H,11-12H2,1H3,(H,16,17)/b10-7+. The summed E-state index contributed by atoms with van der Waals surface area (Å²) in [5.41, 5.74) is 1.08. The van der Waals surface area contributed by atoms with Crippen LogP contribution >= 0.6 is 0 Å². The number of carbonyl (C=O) groups is 1. The van der Waals surface area contributed by atoms with Crippen LogP contribution in [0.3, 0.4) is 0 Å². The summed E-state index contributed by atoms with van der Waals surface area (Å²) in [6, 6.07) is 9.83. The van der Waals surface area contributed by atoms with Crippen LogP contribution in [-0.2, 0) is 4.79 Å². The molecule has 1 rings (SSSR count). The van der Waals surface area contributed by atoms with Gasteiger partial charge in [0, 0.05) is 6.42 Å². The molecule has 0 spiro atoms. The van der Waals surface area contributed by atoms with Crippen molar-refractivity contribution in [3.05, 3.63) is 42.0 Å². The molecule has 0 saturated carbocycles. The third kappa shape index (κ3) is 5.03. The molecule has 0 radical (unpaired) electrons. The Morgan fingerprint density at radius 2 is 2.12 bits per heavy atom. The molecule has 0 saturated heterocycles. The van der Waals surface area contributed by atoms with Crippen molar-refractivity contribution in [3.63, 3.8) is 0 Å². The SMILES string of the molecule is CC#CCC(C/C=C/c1ccccc1)C(=O)O. The van der Waals surface area contributed by atoms with Gasteiger partial charge in [-0.15, -0.1) is 11.8 Å². The minimum absolute atomic E-state index is 0.408. The first-order valence-corrected chi connectivity index (χ1v) is 5.58. The average molecular weight is 228 g/mol. The zero-order valence-corrected chi connectivity index (χ0v) is 9.89. The Morgan fingerprint density at radius 3 is 2.71 bits per heavy atom. The van der Waals surface area contributed by atoms with Crippen molar-refractivity contribution in [2.45, 2.75) is 19.8 Å². The normalized spacial score (nSPS) is 11.8. The van der Waals surface area contributed by atoms with Gasteiger partial charge >= 0.3 is 5.97 Å². The van der Waals surface area contributed by atoms with Crippen molar-refractivity contribution in [3.8, 4) is 11.8 Å². The van der Waals surface area contributed by atoms with E-state index in [0.717, 1.165) is 5.56 Å². The molecule has 1 N–H and O–H groups in total. The fourth-order valence-corrected chi connectivity index (χ4v) is 1.43. The van der Waals surface area contributed by atoms with Gasteiger partial charge in [-0.3, -0.25) is 4.79 Å². The summed E-state index contributed by atoms with van der Waals surface area (Å²) in [6.07, 6.45) is 4.75. The van der Waals surface area contributed by atoms with Crippen LogP contribution in [0.5, 0.6) is 0 Å². The van der Waals surface area contributed by atoms with Crippen LogP contribution in [-0.4, -0.2) is 11.1 Å². The zero-order valence-electron chi connectivity index (χ0n) is 9.89. The molecular formula is C15H16O2. The minimum atomic E-state index is -0.787. The lowest BCUT2D eigenvalue weighted by Gasteiger charge is -2.04. The van der Waals surface area contributed by atoms with E-state index in [1.165, 1.54) is 0 Å². The molecule has 17 heavy (non-hydrogen) atoms. The van der Waals surface area contributed by atoms with Crippen LogP contribution in [0.15, 0.2) is 36.4 Å². The fraction of sp³-hybridized carbons (Fsp3) is 0.267. The Kier molecular flexibility index (Phi) is 5.60. The van der Waals surface area contributed by atoms with Crippen molar-refractivity contribution in [1.29, 1.82) is 0 Å². The van der Waals surface area contributed by atoms with E-state index in [1.807, 2.05) is 42.5 Å². The molecule has 2 heteroatoms. The largest absolute Gasteiger partial charge is 0.481 e. The number of carboxylic acids is 1. The molecule has 88 valence electrons. The quantitative estimate of drug-likeness (QED) is 0.786. The highest BCUT2D eigenvalue weighted by atomic mass is 16.4. The van der Waals surface area contributed by atoms with Gasteiger partial charge in [-0.05, 0) is 18.9 Å². The van der Waals surface area contributed by atoms with Crippen molar-refractivity contribution in [2.24, 2.45) is 5.92 Å². The molecule has 1 aromatic rings. The van der Waals surface area contributed by atoms with Gasteiger partial charge in [0.1, 0.15) is 0 Å². The van der Waals surface area contributed by atoms with Crippen LogP contribution in [0.2, 0.25) is 0 Å². The highest BCUT2D eigenvalue weighted by Crippen LogP contribution is 2.11. The van der Waals surface area contributed by atoms with Crippen LogP contribution in [0.4, 0.5) is 0 Å². The highest BCUT2D eigenvalue weighted by molar-refractivity contribution is 5.70. The summed E-state index contributed by atoms with van der Waals surface area (Å²) < 4.78 is 0. The molecule has 2 nitrogen and oxygen atoms in total. The maximum absolute atomic E-state index is 10.9. The number of benzene rings is 1. The van der Waals surface area contributed by atoms with Crippen molar-refractivity contribution in [2.75, 3.05) is 0 Å². The van der Waals surface area contributed by atoms with Crippen molar-refractivity contribution < 1.29 is 9.90 Å². The maximum atomic E-state index is 10.9. The Hall–Kier alpha value is -2.01. The van der Waals surface area contributed by atoms with E-state index >= 15 is 0 Å². The smallest absolute Gasteiger partial charge is 0.307 e. The van der Waals surface area contributed by atoms with Gasteiger partial charge in [0.2, 0.25) is 0 Å². The second-order valence-electron chi connectivity index (χ2n) is 3.71. The van der Waals surface area contributed by atoms with Crippen molar-refractivity contribution in [1.82, 2.24) is 0 Å². The van der Waals surface area contributed by atoms with Gasteiger partial charge in [-0.25, -0.2) is 0 Å². The van der Waals surface area contributed by atoms with E-state index in [9.17, 15) is 4.79 Å². The summed E-state index contributed by atoms with van der Waals surface area (Å²) in [7, 11) is 0. The second kappa shape index (κ2) is 7.29. The van der Waals surface area contributed by atoms with E-state index < -0.39 is 11.9 Å². The number of carboxylic acid groups (broad SMARTS) is 1. The fourth-order valence-electron chi connectivity index (χ4n) is 1.43. The average Bonchev–Trinajstić information content (AvgIpc) is 2.34. The first-order valence-electron chi connectivity index (χ1n) is 5.58. The Bertz CT molecular complexity index is 435. The molecule has 0 bridgehead atoms. The number of hydrogen-bond acceptors (Lipinski definition) is 1. The van der Waals surface area contributed by atoms with E-state index in [-0.39, 0.29) is 0 Å². The summed E-state index contributed by atoms with van der Waals surface area (Å²) >= 11 is 0. The third-order valence-electron chi connectivity index (χ3n) is 2.40. The molecule has 0 aliphatic heterocycles. The molecule has 1 unspecified atom stereocenters. The maximum Gasteiger partial charge on any atom is 0.307 e. The Balaban J connectivity index is 2.54. The van der Waals surface area contributed by atoms with Crippen LogP contribution in [0.25, 0.3) is 6.08 Å². The molecule has 0 aliphatic rings. The molecule has 0 aliphatic carbocycles. The number of allylic oxidation sites excluding steroid dienone is 1. The topological polar surface area (TPSA) is 37.3 Å². The molecule has 1 atom stereocenters. The summed E-state index contributed by atoms with van der Waals surface area (Å²) in [5.74, 6) is 4.34. The summed E-state index contributed by atoms with van der Waals surface area (Å²) in [5, 5.41) is 9.00. The zero-order chi connectivity index (χ0) is 12.5. The van der Waals surface area contributed by atoms with Crippen LogP contribution in [0, 0.1) is 17.8 Å². The molecule has 0 amide bonds. The minimum Gasteiger partial charge on any atom is -0.481 e. The van der Waals surface area contributed by atoms with Gasteiger partial charge in [0.15, 0.2) is 0 Å². The lowest BCUT2D eigenvalue weighted by atomic mass is 10.0. The predicted octanol–water partition coefficient (Wildman–Crippen LogP) is 3.20. The Morgan fingerprint density at radius 1 is 1.41 bits per heavy atom. The Labute approximate surface area is 102 Å². The van der Waals surface area contributed by atoms with Crippen LogP contribution in [0.1, 0.15) is 25.3 Å². The predicted molar refractivity (Wildman–Crippen MR) is 69.3 cm³/mol. The summed E-state index contributed by atoms with van der Waals surface area (Å²) in [6.45, 7) is 1.72. The first-order chi connectivity index (χ1) is 8.24. The molecule has 1 aromatic carbocycles. The van der Waals surface area contributed by atoms with Gasteiger partial charge in [-0.1, -0.05) is 42.5 Å². The van der Waals surface area contributed by atoms with Gasteiger partial charge in [-0.2, -0.15) is 0 Å².